The van der Waals surface area contributed by atoms with E-state index in [2.05, 4.69) is 31.1 Å². The number of nitrogens with one attached hydrogen (secondary N) is 1. The van der Waals surface area contributed by atoms with E-state index < -0.39 is 17.9 Å². The minimum Gasteiger partial charge on any atom is -0.467 e. The highest BCUT2D eigenvalue weighted by Gasteiger charge is 2.24. The van der Waals surface area contributed by atoms with Crippen LogP contribution in [0.5, 0.6) is 0 Å². The number of halogens is 1. The Morgan fingerprint density at radius 1 is 1.19 bits per heavy atom. The molecule has 142 valence electrons. The Kier molecular flexibility index (Phi) is 6.41. The number of pyridine rings is 1. The highest BCUT2D eigenvalue weighted by Crippen LogP contribution is 2.19. The van der Waals surface area contributed by atoms with E-state index in [-0.39, 0.29) is 0 Å². The third-order valence-corrected chi connectivity index (χ3v) is 4.79. The molecule has 1 aromatic carbocycles. The van der Waals surface area contributed by atoms with Crippen LogP contribution in [0.2, 0.25) is 0 Å². The van der Waals surface area contributed by atoms with Crippen LogP contribution < -0.4 is 10.2 Å². The average molecular weight is 434 g/mol. The number of hydrogen-bond acceptors (Lipinski definition) is 6. The van der Waals surface area contributed by atoms with E-state index in [1.54, 1.807) is 36.4 Å². The van der Waals surface area contributed by atoms with Crippen molar-refractivity contribution in [2.45, 2.75) is 6.04 Å². The first-order chi connectivity index (χ1) is 13.1. The Balaban J connectivity index is 1.73. The molecule has 1 aliphatic rings. The zero-order chi connectivity index (χ0) is 19.2. The van der Waals surface area contributed by atoms with Crippen molar-refractivity contribution in [3.8, 4) is 0 Å². The minimum atomic E-state index is -0.894. The summed E-state index contributed by atoms with van der Waals surface area (Å²) in [6.07, 6.45) is 1.51. The maximum Gasteiger partial charge on any atom is 0.333 e. The Labute approximate surface area is 165 Å². The molecule has 0 spiro atoms. The Morgan fingerprint density at radius 2 is 1.89 bits per heavy atom. The number of anilines is 1. The van der Waals surface area contributed by atoms with Gasteiger partial charge in [0.1, 0.15) is 5.82 Å². The summed E-state index contributed by atoms with van der Waals surface area (Å²) in [6.45, 7) is 2.87. The van der Waals surface area contributed by atoms with Gasteiger partial charge in [0.05, 0.1) is 25.9 Å². The van der Waals surface area contributed by atoms with E-state index in [9.17, 15) is 9.59 Å². The molecule has 8 heteroatoms. The van der Waals surface area contributed by atoms with E-state index in [0.717, 1.165) is 23.4 Å². The Bertz CT molecular complexity index is 790. The molecule has 1 amide bonds. The highest BCUT2D eigenvalue weighted by molar-refractivity contribution is 9.10. The van der Waals surface area contributed by atoms with Crippen LogP contribution in [0.25, 0.3) is 0 Å². The van der Waals surface area contributed by atoms with Crippen LogP contribution in [0.15, 0.2) is 47.1 Å². The number of carbonyl (C=O) groups is 2. The van der Waals surface area contributed by atoms with Gasteiger partial charge in [-0.15, -0.1) is 0 Å². The SMILES string of the molecule is COC(=O)[C@@H](NC(=O)c1ccc(N2CCOCC2)nc1)c1ccc(Br)cc1. The molecule has 2 aromatic rings. The lowest BCUT2D eigenvalue weighted by atomic mass is 10.1. The van der Waals surface area contributed by atoms with Gasteiger partial charge in [-0.25, -0.2) is 9.78 Å². The van der Waals surface area contributed by atoms with Gasteiger partial charge in [0.25, 0.3) is 5.91 Å². The highest BCUT2D eigenvalue weighted by atomic mass is 79.9. The molecule has 1 aromatic heterocycles. The predicted molar refractivity (Wildman–Crippen MR) is 104 cm³/mol. The fourth-order valence-electron chi connectivity index (χ4n) is 2.77. The molecule has 0 unspecified atom stereocenters. The lowest BCUT2D eigenvalue weighted by Gasteiger charge is -2.27. The van der Waals surface area contributed by atoms with Crippen molar-refractivity contribution < 1.29 is 19.1 Å². The summed E-state index contributed by atoms with van der Waals surface area (Å²) in [6, 6.07) is 9.72. The van der Waals surface area contributed by atoms with Crippen LogP contribution in [0.3, 0.4) is 0 Å². The second-order valence-corrected chi connectivity index (χ2v) is 6.90. The molecule has 1 aliphatic heterocycles. The molecule has 0 aliphatic carbocycles. The normalized spacial score (nSPS) is 15.1. The molecule has 2 heterocycles. The summed E-state index contributed by atoms with van der Waals surface area (Å²) in [4.78, 5) is 31.2. The van der Waals surface area contributed by atoms with Crippen LogP contribution in [0.1, 0.15) is 22.0 Å². The van der Waals surface area contributed by atoms with Crippen molar-refractivity contribution in [2.24, 2.45) is 0 Å². The van der Waals surface area contributed by atoms with Crippen LogP contribution in [-0.2, 0) is 14.3 Å². The number of benzene rings is 1. The molecule has 27 heavy (non-hydrogen) atoms. The number of amides is 1. The number of rotatable bonds is 5. The quantitative estimate of drug-likeness (QED) is 0.728. The Morgan fingerprint density at radius 3 is 2.48 bits per heavy atom. The number of nitrogens with zero attached hydrogens (tertiary/aromatic N) is 2. The van der Waals surface area contributed by atoms with Crippen molar-refractivity contribution in [1.29, 1.82) is 0 Å². The van der Waals surface area contributed by atoms with Gasteiger partial charge in [-0.2, -0.15) is 0 Å². The summed E-state index contributed by atoms with van der Waals surface area (Å²) in [5.74, 6) is -0.134. The maximum atomic E-state index is 12.6. The van der Waals surface area contributed by atoms with Crippen LogP contribution in [0, 0.1) is 0 Å². The van der Waals surface area contributed by atoms with Crippen LogP contribution in [-0.4, -0.2) is 50.3 Å². The van der Waals surface area contributed by atoms with Gasteiger partial charge in [0, 0.05) is 23.8 Å². The number of ether oxygens (including phenoxy) is 2. The van der Waals surface area contributed by atoms with Crippen LogP contribution >= 0.6 is 15.9 Å². The minimum absolute atomic E-state index is 0.373. The van der Waals surface area contributed by atoms with Gasteiger partial charge in [0.2, 0.25) is 0 Å². The number of carbonyl (C=O) groups excluding carboxylic acids is 2. The molecular formula is C19H20BrN3O4. The smallest absolute Gasteiger partial charge is 0.333 e. The number of methoxy groups -OCH3 is 1. The van der Waals surface area contributed by atoms with Crippen molar-refractivity contribution in [1.82, 2.24) is 10.3 Å². The van der Waals surface area contributed by atoms with Crippen molar-refractivity contribution >= 4 is 33.6 Å². The zero-order valence-electron chi connectivity index (χ0n) is 14.9. The molecule has 0 bridgehead atoms. The summed E-state index contributed by atoms with van der Waals surface area (Å²) in [7, 11) is 1.29. The molecular weight excluding hydrogens is 414 g/mol. The molecule has 0 radical (unpaired) electrons. The van der Waals surface area contributed by atoms with Gasteiger partial charge in [-0.1, -0.05) is 28.1 Å². The molecule has 0 saturated carbocycles. The fraction of sp³-hybridized carbons (Fsp3) is 0.316. The third kappa shape index (κ3) is 4.84. The molecule has 7 nitrogen and oxygen atoms in total. The van der Waals surface area contributed by atoms with Crippen LogP contribution in [0.4, 0.5) is 5.82 Å². The topological polar surface area (TPSA) is 80.8 Å². The van der Waals surface area contributed by atoms with E-state index in [1.165, 1.54) is 13.3 Å². The van der Waals surface area contributed by atoms with Gasteiger partial charge in [-0.05, 0) is 29.8 Å². The third-order valence-electron chi connectivity index (χ3n) is 4.26. The lowest BCUT2D eigenvalue weighted by Crippen LogP contribution is -2.37. The number of hydrogen-bond donors (Lipinski definition) is 1. The first kappa shape index (κ1) is 19.3. The van der Waals surface area contributed by atoms with E-state index in [1.807, 2.05) is 0 Å². The van der Waals surface area contributed by atoms with Gasteiger partial charge in [0.15, 0.2) is 6.04 Å². The summed E-state index contributed by atoms with van der Waals surface area (Å²) >= 11 is 3.35. The molecule has 1 N–H and O–H groups in total. The summed E-state index contributed by atoms with van der Waals surface area (Å²) in [5.41, 5.74) is 1.01. The second-order valence-electron chi connectivity index (χ2n) is 5.99. The fourth-order valence-corrected chi connectivity index (χ4v) is 3.03. The standard InChI is InChI=1S/C19H20BrN3O4/c1-26-19(25)17(13-2-5-15(20)6-3-13)22-18(24)14-4-7-16(21-12-14)23-8-10-27-11-9-23/h2-7,12,17H,8-11H2,1H3,(H,22,24)/t17-/m0/s1. The van der Waals surface area contributed by atoms with E-state index in [0.29, 0.717) is 24.3 Å². The maximum absolute atomic E-state index is 12.6. The molecule has 1 fully saturated rings. The summed E-state index contributed by atoms with van der Waals surface area (Å²) in [5, 5.41) is 2.72. The van der Waals surface area contributed by atoms with Gasteiger partial charge < -0.3 is 19.7 Å². The second kappa shape index (κ2) is 8.96. The summed E-state index contributed by atoms with van der Waals surface area (Å²) < 4.78 is 11.0. The van der Waals surface area contributed by atoms with Crippen molar-refractivity contribution in [3.05, 3.63) is 58.2 Å². The van der Waals surface area contributed by atoms with Crippen molar-refractivity contribution in [3.63, 3.8) is 0 Å². The number of aromatic nitrogens is 1. The van der Waals surface area contributed by atoms with E-state index >= 15 is 0 Å². The molecule has 1 saturated heterocycles. The monoisotopic (exact) mass is 433 g/mol. The van der Waals surface area contributed by atoms with Crippen molar-refractivity contribution in [2.75, 3.05) is 38.3 Å². The number of morpholine rings is 1. The number of esters is 1. The van der Waals surface area contributed by atoms with Gasteiger partial charge >= 0.3 is 5.97 Å². The zero-order valence-corrected chi connectivity index (χ0v) is 16.4. The predicted octanol–water partition coefficient (Wildman–Crippen LogP) is 2.32. The lowest BCUT2D eigenvalue weighted by molar-refractivity contribution is -0.143. The molecule has 3 rings (SSSR count). The first-order valence-electron chi connectivity index (χ1n) is 8.51. The van der Waals surface area contributed by atoms with E-state index in [4.69, 9.17) is 9.47 Å². The largest absolute Gasteiger partial charge is 0.467 e. The molecule has 1 atom stereocenters. The Hall–Kier alpha value is -2.45. The average Bonchev–Trinajstić information content (AvgIpc) is 2.73. The van der Waals surface area contributed by atoms with Gasteiger partial charge in [-0.3, -0.25) is 4.79 Å². The first-order valence-corrected chi connectivity index (χ1v) is 9.30.